The standard InChI is InChI=1S/C16H21N5O/c1-11(2)21-14(6-7-19-21)16-15(17-8-9-18-16)13-5-4-10-20(13)12(3)22/h6-9,11,13H,4-5,10H2,1-3H3/t13-/m1/s1. The first-order valence-electron chi connectivity index (χ1n) is 7.71. The molecule has 1 aliphatic rings. The van der Waals surface area contributed by atoms with Crippen molar-refractivity contribution in [2.45, 2.75) is 45.7 Å². The molecular formula is C16H21N5O. The molecule has 3 heterocycles. The van der Waals surface area contributed by atoms with E-state index < -0.39 is 0 Å². The van der Waals surface area contributed by atoms with Crippen LogP contribution < -0.4 is 0 Å². The molecule has 2 aromatic rings. The molecule has 0 aliphatic carbocycles. The molecule has 0 bridgehead atoms. The molecule has 116 valence electrons. The number of rotatable bonds is 3. The zero-order valence-corrected chi connectivity index (χ0v) is 13.2. The van der Waals surface area contributed by atoms with Crippen LogP contribution >= 0.6 is 0 Å². The largest absolute Gasteiger partial charge is 0.334 e. The summed E-state index contributed by atoms with van der Waals surface area (Å²) >= 11 is 0. The lowest BCUT2D eigenvalue weighted by molar-refractivity contribution is -0.129. The second kappa shape index (κ2) is 5.87. The van der Waals surface area contributed by atoms with Crippen molar-refractivity contribution in [2.75, 3.05) is 6.54 Å². The SMILES string of the molecule is CC(=O)N1CCC[C@@H]1c1nccnc1-c1ccnn1C(C)C. The third-order valence-electron chi connectivity index (χ3n) is 4.10. The molecule has 0 saturated carbocycles. The third kappa shape index (κ3) is 2.49. The second-order valence-electron chi connectivity index (χ2n) is 5.92. The monoisotopic (exact) mass is 299 g/mol. The predicted octanol–water partition coefficient (Wildman–Crippen LogP) is 2.60. The fourth-order valence-electron chi connectivity index (χ4n) is 3.13. The summed E-state index contributed by atoms with van der Waals surface area (Å²) in [5.41, 5.74) is 2.65. The average molecular weight is 299 g/mol. The van der Waals surface area contributed by atoms with Crippen molar-refractivity contribution in [1.82, 2.24) is 24.6 Å². The molecule has 0 unspecified atom stereocenters. The van der Waals surface area contributed by atoms with Crippen LogP contribution in [0.1, 0.15) is 51.4 Å². The Balaban J connectivity index is 2.07. The molecular weight excluding hydrogens is 278 g/mol. The van der Waals surface area contributed by atoms with Crippen molar-refractivity contribution in [2.24, 2.45) is 0 Å². The molecule has 3 rings (SSSR count). The molecule has 0 radical (unpaired) electrons. The minimum atomic E-state index is 0.0108. The summed E-state index contributed by atoms with van der Waals surface area (Å²) < 4.78 is 1.95. The van der Waals surface area contributed by atoms with E-state index >= 15 is 0 Å². The van der Waals surface area contributed by atoms with Gasteiger partial charge in [0, 0.05) is 38.1 Å². The number of aromatic nitrogens is 4. The van der Waals surface area contributed by atoms with E-state index in [1.165, 1.54) is 0 Å². The molecule has 0 N–H and O–H groups in total. The second-order valence-corrected chi connectivity index (χ2v) is 5.92. The van der Waals surface area contributed by atoms with Crippen LogP contribution in [0, 0.1) is 0 Å². The van der Waals surface area contributed by atoms with Gasteiger partial charge in [-0.2, -0.15) is 5.10 Å². The zero-order valence-electron chi connectivity index (χ0n) is 13.2. The molecule has 1 saturated heterocycles. The number of carbonyl (C=O) groups is 1. The minimum Gasteiger partial charge on any atom is -0.334 e. The summed E-state index contributed by atoms with van der Waals surface area (Å²) in [5, 5.41) is 4.38. The molecule has 1 fully saturated rings. The Kier molecular flexibility index (Phi) is 3.92. The van der Waals surface area contributed by atoms with Gasteiger partial charge >= 0.3 is 0 Å². The van der Waals surface area contributed by atoms with E-state index in [1.54, 1.807) is 25.5 Å². The van der Waals surface area contributed by atoms with Crippen LogP contribution in [-0.2, 0) is 4.79 Å². The number of hydrogen-bond donors (Lipinski definition) is 0. The van der Waals surface area contributed by atoms with Crippen molar-refractivity contribution < 1.29 is 4.79 Å². The lowest BCUT2D eigenvalue weighted by Crippen LogP contribution is -2.29. The molecule has 6 heteroatoms. The van der Waals surface area contributed by atoms with Crippen LogP contribution in [-0.4, -0.2) is 37.1 Å². The number of carbonyl (C=O) groups excluding carboxylic acids is 1. The summed E-state index contributed by atoms with van der Waals surface area (Å²) in [6.07, 6.45) is 7.12. The van der Waals surface area contributed by atoms with E-state index in [0.717, 1.165) is 36.5 Å². The Morgan fingerprint density at radius 3 is 2.77 bits per heavy atom. The fraction of sp³-hybridized carbons (Fsp3) is 0.500. The summed E-state index contributed by atoms with van der Waals surface area (Å²) in [7, 11) is 0. The van der Waals surface area contributed by atoms with E-state index in [-0.39, 0.29) is 18.0 Å². The maximum Gasteiger partial charge on any atom is 0.220 e. The molecule has 1 aliphatic heterocycles. The van der Waals surface area contributed by atoms with Gasteiger partial charge in [-0.05, 0) is 32.8 Å². The first-order valence-corrected chi connectivity index (χ1v) is 7.71. The van der Waals surface area contributed by atoms with Crippen LogP contribution in [0.2, 0.25) is 0 Å². The molecule has 0 aromatic carbocycles. The zero-order chi connectivity index (χ0) is 15.7. The normalized spacial score (nSPS) is 18.2. The van der Waals surface area contributed by atoms with Crippen molar-refractivity contribution in [3.63, 3.8) is 0 Å². The van der Waals surface area contributed by atoms with Gasteiger partial charge in [0.25, 0.3) is 0 Å². The summed E-state index contributed by atoms with van der Waals surface area (Å²) in [5.74, 6) is 0.0940. The van der Waals surface area contributed by atoms with Crippen LogP contribution in [0.25, 0.3) is 11.4 Å². The van der Waals surface area contributed by atoms with Gasteiger partial charge < -0.3 is 4.90 Å². The summed E-state index contributed by atoms with van der Waals surface area (Å²) in [6, 6.07) is 2.21. The number of nitrogens with zero attached hydrogens (tertiary/aromatic N) is 5. The first kappa shape index (κ1) is 14.7. The number of hydrogen-bond acceptors (Lipinski definition) is 4. The number of likely N-dealkylation sites (tertiary alicyclic amines) is 1. The van der Waals surface area contributed by atoms with Crippen LogP contribution in [0.5, 0.6) is 0 Å². The highest BCUT2D eigenvalue weighted by Gasteiger charge is 2.32. The topological polar surface area (TPSA) is 63.9 Å². The predicted molar refractivity (Wildman–Crippen MR) is 83.0 cm³/mol. The van der Waals surface area contributed by atoms with Gasteiger partial charge in [0.15, 0.2) is 0 Å². The van der Waals surface area contributed by atoms with Crippen molar-refractivity contribution in [3.05, 3.63) is 30.4 Å². The molecule has 2 aromatic heterocycles. The van der Waals surface area contributed by atoms with E-state index in [1.807, 2.05) is 15.6 Å². The smallest absolute Gasteiger partial charge is 0.220 e. The maximum absolute atomic E-state index is 11.9. The molecule has 1 amide bonds. The van der Waals surface area contributed by atoms with Crippen molar-refractivity contribution >= 4 is 5.91 Å². The van der Waals surface area contributed by atoms with Gasteiger partial charge in [0.1, 0.15) is 5.69 Å². The van der Waals surface area contributed by atoms with E-state index in [2.05, 4.69) is 28.9 Å². The minimum absolute atomic E-state index is 0.0108. The Morgan fingerprint density at radius 2 is 2.05 bits per heavy atom. The fourth-order valence-corrected chi connectivity index (χ4v) is 3.13. The summed E-state index contributed by atoms with van der Waals surface area (Å²) in [6.45, 7) is 6.58. The van der Waals surface area contributed by atoms with Gasteiger partial charge in [-0.15, -0.1) is 0 Å². The van der Waals surface area contributed by atoms with Gasteiger partial charge in [-0.25, -0.2) is 0 Å². The Labute approximate surface area is 130 Å². The maximum atomic E-state index is 11.9. The molecule has 1 atom stereocenters. The first-order chi connectivity index (χ1) is 10.6. The van der Waals surface area contributed by atoms with Crippen molar-refractivity contribution in [1.29, 1.82) is 0 Å². The lowest BCUT2D eigenvalue weighted by atomic mass is 10.1. The van der Waals surface area contributed by atoms with Gasteiger partial charge in [-0.3, -0.25) is 19.4 Å². The highest BCUT2D eigenvalue weighted by Crippen LogP contribution is 2.35. The van der Waals surface area contributed by atoms with Crippen LogP contribution in [0.4, 0.5) is 0 Å². The quantitative estimate of drug-likeness (QED) is 0.874. The van der Waals surface area contributed by atoms with Gasteiger partial charge in [0.05, 0.1) is 17.4 Å². The Bertz CT molecular complexity index is 679. The average Bonchev–Trinajstić information content (AvgIpc) is 3.16. The van der Waals surface area contributed by atoms with E-state index in [9.17, 15) is 4.79 Å². The highest BCUT2D eigenvalue weighted by molar-refractivity contribution is 5.74. The molecule has 22 heavy (non-hydrogen) atoms. The van der Waals surface area contributed by atoms with Gasteiger partial charge in [0.2, 0.25) is 5.91 Å². The van der Waals surface area contributed by atoms with Crippen LogP contribution in [0.3, 0.4) is 0 Å². The molecule has 6 nitrogen and oxygen atoms in total. The van der Waals surface area contributed by atoms with E-state index in [0.29, 0.717) is 0 Å². The van der Waals surface area contributed by atoms with Gasteiger partial charge in [-0.1, -0.05) is 0 Å². The Hall–Kier alpha value is -2.24. The summed E-state index contributed by atoms with van der Waals surface area (Å²) in [4.78, 5) is 22.8. The number of amides is 1. The lowest BCUT2D eigenvalue weighted by Gasteiger charge is -2.24. The van der Waals surface area contributed by atoms with Crippen LogP contribution in [0.15, 0.2) is 24.7 Å². The Morgan fingerprint density at radius 1 is 1.27 bits per heavy atom. The van der Waals surface area contributed by atoms with E-state index in [4.69, 9.17) is 0 Å². The highest BCUT2D eigenvalue weighted by atomic mass is 16.2. The third-order valence-corrected chi connectivity index (χ3v) is 4.10. The molecule has 0 spiro atoms. The van der Waals surface area contributed by atoms with Crippen molar-refractivity contribution in [3.8, 4) is 11.4 Å².